The molecule has 0 bridgehead atoms. The third-order valence-electron chi connectivity index (χ3n) is 3.87. The molecule has 5 nitrogen and oxygen atoms in total. The number of ether oxygens (including phenoxy) is 1. The van der Waals surface area contributed by atoms with E-state index in [4.69, 9.17) is 16.3 Å². The molecule has 3 rings (SSSR count). The van der Waals surface area contributed by atoms with Gasteiger partial charge in [0.1, 0.15) is 12.3 Å². The molecule has 0 aliphatic rings. The first-order chi connectivity index (χ1) is 12.5. The Morgan fingerprint density at radius 3 is 2.65 bits per heavy atom. The first-order valence-corrected chi connectivity index (χ1v) is 9.12. The average Bonchev–Trinajstić information content (AvgIpc) is 2.96. The van der Waals surface area contributed by atoms with Crippen LogP contribution in [-0.2, 0) is 11.3 Å². The second-order valence-corrected chi connectivity index (χ2v) is 6.99. The molecule has 0 aliphatic carbocycles. The summed E-state index contributed by atoms with van der Waals surface area (Å²) < 4.78 is 6.68. The molecule has 7 heteroatoms. The number of anilines is 1. The Bertz CT molecular complexity index is 993. The van der Waals surface area contributed by atoms with Crippen LogP contribution < -0.4 is 14.9 Å². The molecule has 0 saturated heterocycles. The number of thiazole rings is 1. The van der Waals surface area contributed by atoms with Gasteiger partial charge in [-0.2, -0.15) is 0 Å². The van der Waals surface area contributed by atoms with Gasteiger partial charge in [-0.3, -0.25) is 14.2 Å². The molecular weight excluding hydrogens is 372 g/mol. The summed E-state index contributed by atoms with van der Waals surface area (Å²) in [5.74, 6) is 0.165. The van der Waals surface area contributed by atoms with Crippen molar-refractivity contribution in [1.29, 1.82) is 0 Å². The van der Waals surface area contributed by atoms with Crippen LogP contribution in [0.5, 0.6) is 5.75 Å². The Morgan fingerprint density at radius 2 is 1.96 bits per heavy atom. The van der Waals surface area contributed by atoms with Gasteiger partial charge >= 0.3 is 4.87 Å². The number of nitrogens with zero attached hydrogens (tertiary/aromatic N) is 1. The van der Waals surface area contributed by atoms with E-state index in [2.05, 4.69) is 5.32 Å². The number of carbonyl (C=O) groups is 1. The van der Waals surface area contributed by atoms with Gasteiger partial charge in [-0.05, 0) is 30.7 Å². The number of benzene rings is 2. The van der Waals surface area contributed by atoms with Crippen molar-refractivity contribution < 1.29 is 9.53 Å². The second-order valence-electron chi connectivity index (χ2n) is 5.73. The molecule has 0 fully saturated rings. The zero-order valence-electron chi connectivity index (χ0n) is 14.3. The molecule has 0 radical (unpaired) electrons. The van der Waals surface area contributed by atoms with Gasteiger partial charge in [0.05, 0.1) is 18.5 Å². The van der Waals surface area contributed by atoms with E-state index in [-0.39, 0.29) is 17.3 Å². The van der Waals surface area contributed by atoms with Gasteiger partial charge in [0.2, 0.25) is 5.91 Å². The number of methoxy groups -OCH3 is 1. The molecule has 26 heavy (non-hydrogen) atoms. The minimum atomic E-state index is -0.334. The fourth-order valence-corrected chi connectivity index (χ4v) is 3.48. The van der Waals surface area contributed by atoms with Crippen molar-refractivity contribution in [3.8, 4) is 17.0 Å². The first-order valence-electron chi connectivity index (χ1n) is 7.86. The maximum absolute atomic E-state index is 12.5. The third kappa shape index (κ3) is 3.98. The minimum absolute atomic E-state index is 0.0960. The average molecular weight is 389 g/mol. The molecule has 0 aliphatic heterocycles. The number of carbonyl (C=O) groups excluding carboxylic acids is 1. The number of aryl methyl sites for hydroxylation is 1. The fraction of sp³-hybridized carbons (Fsp3) is 0.158. The standard InChI is InChI=1S/C19H17ClN2O3S/c1-12-3-5-13(6-4-12)16-11-26-19(24)22(16)10-18(23)21-15-9-14(20)7-8-17(15)25-2/h3-9,11H,10H2,1-2H3,(H,21,23). The molecule has 1 aromatic heterocycles. The van der Waals surface area contributed by atoms with Crippen LogP contribution >= 0.6 is 22.9 Å². The molecule has 0 unspecified atom stereocenters. The van der Waals surface area contributed by atoms with Crippen molar-refractivity contribution in [3.05, 3.63) is 68.1 Å². The zero-order valence-corrected chi connectivity index (χ0v) is 15.9. The van der Waals surface area contributed by atoms with Crippen LogP contribution in [0, 0.1) is 6.92 Å². The summed E-state index contributed by atoms with van der Waals surface area (Å²) in [5, 5.41) is 5.00. The highest BCUT2D eigenvalue weighted by Crippen LogP contribution is 2.28. The topological polar surface area (TPSA) is 60.3 Å². The van der Waals surface area contributed by atoms with E-state index in [1.165, 1.54) is 11.7 Å². The van der Waals surface area contributed by atoms with Crippen molar-refractivity contribution in [3.63, 3.8) is 0 Å². The van der Waals surface area contributed by atoms with Gasteiger partial charge in [0.15, 0.2) is 0 Å². The summed E-state index contributed by atoms with van der Waals surface area (Å²) in [6.45, 7) is 1.90. The van der Waals surface area contributed by atoms with Crippen molar-refractivity contribution in [2.45, 2.75) is 13.5 Å². The number of rotatable bonds is 5. The summed E-state index contributed by atoms with van der Waals surface area (Å²) in [7, 11) is 1.51. The van der Waals surface area contributed by atoms with Crippen LogP contribution in [0.3, 0.4) is 0 Å². The molecule has 134 valence electrons. The van der Waals surface area contributed by atoms with Crippen LogP contribution in [0.1, 0.15) is 5.56 Å². The minimum Gasteiger partial charge on any atom is -0.495 e. The van der Waals surface area contributed by atoms with E-state index in [9.17, 15) is 9.59 Å². The van der Waals surface area contributed by atoms with Crippen molar-refractivity contribution in [2.75, 3.05) is 12.4 Å². The summed E-state index contributed by atoms with van der Waals surface area (Å²) in [4.78, 5) is 24.5. The largest absolute Gasteiger partial charge is 0.495 e. The quantitative estimate of drug-likeness (QED) is 0.713. The van der Waals surface area contributed by atoms with Gasteiger partial charge < -0.3 is 10.1 Å². The Morgan fingerprint density at radius 1 is 1.23 bits per heavy atom. The van der Waals surface area contributed by atoms with Crippen molar-refractivity contribution in [1.82, 2.24) is 4.57 Å². The van der Waals surface area contributed by atoms with Crippen LogP contribution in [-0.4, -0.2) is 17.6 Å². The highest BCUT2D eigenvalue weighted by atomic mass is 35.5. The van der Waals surface area contributed by atoms with Gasteiger partial charge in [-0.15, -0.1) is 0 Å². The van der Waals surface area contributed by atoms with E-state index in [0.717, 1.165) is 22.5 Å². The fourth-order valence-electron chi connectivity index (χ4n) is 2.54. The number of aromatic nitrogens is 1. The Hall–Kier alpha value is -2.57. The normalized spacial score (nSPS) is 10.6. The van der Waals surface area contributed by atoms with E-state index in [1.807, 2.05) is 31.2 Å². The summed E-state index contributed by atoms with van der Waals surface area (Å²) >= 11 is 7.05. The molecule has 1 heterocycles. The van der Waals surface area contributed by atoms with Crippen LogP contribution in [0.15, 0.2) is 52.6 Å². The highest BCUT2D eigenvalue weighted by molar-refractivity contribution is 7.07. The first kappa shape index (κ1) is 18.2. The smallest absolute Gasteiger partial charge is 0.308 e. The number of halogens is 1. The zero-order chi connectivity index (χ0) is 18.7. The lowest BCUT2D eigenvalue weighted by Gasteiger charge is -2.12. The highest BCUT2D eigenvalue weighted by Gasteiger charge is 2.14. The second kappa shape index (κ2) is 7.76. The van der Waals surface area contributed by atoms with E-state index in [0.29, 0.717) is 22.2 Å². The monoisotopic (exact) mass is 388 g/mol. The lowest BCUT2D eigenvalue weighted by molar-refractivity contribution is -0.116. The number of hydrogen-bond donors (Lipinski definition) is 1. The molecule has 3 aromatic rings. The molecule has 0 atom stereocenters. The van der Waals surface area contributed by atoms with E-state index >= 15 is 0 Å². The van der Waals surface area contributed by atoms with Crippen LogP contribution in [0.2, 0.25) is 5.02 Å². The van der Waals surface area contributed by atoms with Crippen molar-refractivity contribution in [2.24, 2.45) is 0 Å². The Balaban J connectivity index is 1.85. The van der Waals surface area contributed by atoms with Crippen molar-refractivity contribution >= 4 is 34.5 Å². The SMILES string of the molecule is COc1ccc(Cl)cc1NC(=O)Cn1c(-c2ccc(C)cc2)csc1=O. The Labute approximate surface area is 159 Å². The van der Waals surface area contributed by atoms with Crippen LogP contribution in [0.25, 0.3) is 11.3 Å². The van der Waals surface area contributed by atoms with Gasteiger partial charge in [-0.25, -0.2) is 0 Å². The number of amides is 1. The number of nitrogens with one attached hydrogen (secondary N) is 1. The molecule has 0 spiro atoms. The Kier molecular flexibility index (Phi) is 5.44. The predicted octanol–water partition coefficient (Wildman–Crippen LogP) is 4.19. The third-order valence-corrected chi connectivity index (χ3v) is 4.87. The van der Waals surface area contributed by atoms with Gasteiger partial charge in [0, 0.05) is 10.4 Å². The molecule has 0 saturated carbocycles. The summed E-state index contributed by atoms with van der Waals surface area (Å²) in [5.41, 5.74) is 3.20. The van der Waals surface area contributed by atoms with E-state index < -0.39 is 0 Å². The molecule has 2 aromatic carbocycles. The number of hydrogen-bond acceptors (Lipinski definition) is 4. The van der Waals surface area contributed by atoms with Gasteiger partial charge in [0.25, 0.3) is 0 Å². The molecular formula is C19H17ClN2O3S. The maximum atomic E-state index is 12.5. The van der Waals surface area contributed by atoms with E-state index in [1.54, 1.807) is 23.6 Å². The summed E-state index contributed by atoms with van der Waals surface area (Å²) in [6.07, 6.45) is 0. The predicted molar refractivity (Wildman–Crippen MR) is 105 cm³/mol. The lowest BCUT2D eigenvalue weighted by Crippen LogP contribution is -2.25. The molecule has 1 N–H and O–H groups in total. The molecule has 1 amide bonds. The van der Waals surface area contributed by atoms with Gasteiger partial charge in [-0.1, -0.05) is 52.8 Å². The van der Waals surface area contributed by atoms with Crippen LogP contribution in [0.4, 0.5) is 5.69 Å². The maximum Gasteiger partial charge on any atom is 0.308 e. The lowest BCUT2D eigenvalue weighted by atomic mass is 10.1. The summed E-state index contributed by atoms with van der Waals surface area (Å²) in [6, 6.07) is 12.8.